The lowest BCUT2D eigenvalue weighted by Crippen LogP contribution is -2.29. The molecule has 0 aliphatic carbocycles. The Kier molecular flexibility index (Phi) is 6.25. The number of ether oxygens (including phenoxy) is 1. The number of nitrogen functional groups attached to an aromatic ring is 2. The van der Waals surface area contributed by atoms with Crippen LogP contribution in [0.3, 0.4) is 0 Å². The minimum absolute atomic E-state index is 0.131. The van der Waals surface area contributed by atoms with Crippen molar-refractivity contribution < 1.29 is 9.53 Å². The summed E-state index contributed by atoms with van der Waals surface area (Å²) < 4.78 is 5.66. The van der Waals surface area contributed by atoms with Gasteiger partial charge in [-0.3, -0.25) is 4.79 Å². The van der Waals surface area contributed by atoms with E-state index in [1.54, 1.807) is 0 Å². The first kappa shape index (κ1) is 17.9. The Morgan fingerprint density at radius 2 is 1.92 bits per heavy atom. The number of nitrogens with two attached hydrogens (primary N) is 2. The van der Waals surface area contributed by atoms with Gasteiger partial charge in [-0.1, -0.05) is 29.5 Å². The van der Waals surface area contributed by atoms with Crippen molar-refractivity contribution in [3.63, 3.8) is 0 Å². The summed E-state index contributed by atoms with van der Waals surface area (Å²) in [6.45, 7) is 4.86. The van der Waals surface area contributed by atoms with E-state index in [1.807, 2.05) is 26.0 Å². The average Bonchev–Trinajstić information content (AvgIpc) is 2.50. The number of carbonyl (C=O) groups is 1. The molecular formula is C16H21N5O2S. The fourth-order valence-corrected chi connectivity index (χ4v) is 2.72. The molecule has 5 N–H and O–H groups in total. The monoisotopic (exact) mass is 347 g/mol. The number of hydrogen-bond donors (Lipinski definition) is 3. The maximum atomic E-state index is 11.8. The van der Waals surface area contributed by atoms with Crippen molar-refractivity contribution in [3.05, 3.63) is 35.4 Å². The second-order valence-electron chi connectivity index (χ2n) is 5.26. The number of aryl methyl sites for hydroxylation is 2. The topological polar surface area (TPSA) is 116 Å². The van der Waals surface area contributed by atoms with E-state index >= 15 is 0 Å². The SMILES string of the molecule is Cc1ccc(OCCNC(=O)CSc2nc(N)cc(N)n2)c(C)c1. The van der Waals surface area contributed by atoms with Gasteiger partial charge in [0, 0.05) is 6.07 Å². The molecule has 0 spiro atoms. The van der Waals surface area contributed by atoms with Crippen LogP contribution < -0.4 is 21.5 Å². The predicted octanol–water partition coefficient (Wildman–Crippen LogP) is 1.55. The zero-order valence-electron chi connectivity index (χ0n) is 13.7. The van der Waals surface area contributed by atoms with Crippen molar-refractivity contribution >= 4 is 29.3 Å². The maximum Gasteiger partial charge on any atom is 0.230 e. The number of amides is 1. The Hall–Kier alpha value is -2.48. The van der Waals surface area contributed by atoms with E-state index in [1.165, 1.54) is 23.4 Å². The van der Waals surface area contributed by atoms with Crippen LogP contribution >= 0.6 is 11.8 Å². The smallest absolute Gasteiger partial charge is 0.230 e. The Morgan fingerprint density at radius 3 is 2.58 bits per heavy atom. The molecule has 0 fully saturated rings. The van der Waals surface area contributed by atoms with Gasteiger partial charge in [-0.15, -0.1) is 0 Å². The van der Waals surface area contributed by atoms with Crippen LogP contribution in [-0.4, -0.2) is 34.8 Å². The van der Waals surface area contributed by atoms with Gasteiger partial charge in [0.1, 0.15) is 24.0 Å². The summed E-state index contributed by atoms with van der Waals surface area (Å²) in [5.74, 6) is 1.45. The van der Waals surface area contributed by atoms with Crippen LogP contribution in [0, 0.1) is 13.8 Å². The van der Waals surface area contributed by atoms with Gasteiger partial charge in [0.2, 0.25) is 5.91 Å². The van der Waals surface area contributed by atoms with E-state index in [0.717, 1.165) is 11.3 Å². The minimum atomic E-state index is -0.131. The molecule has 128 valence electrons. The quantitative estimate of drug-likeness (QED) is 0.395. The number of aromatic nitrogens is 2. The van der Waals surface area contributed by atoms with Crippen LogP contribution in [-0.2, 0) is 4.79 Å². The average molecular weight is 347 g/mol. The zero-order chi connectivity index (χ0) is 17.5. The van der Waals surface area contributed by atoms with Crippen molar-refractivity contribution in [2.24, 2.45) is 0 Å². The molecule has 1 amide bonds. The number of rotatable bonds is 7. The van der Waals surface area contributed by atoms with E-state index in [-0.39, 0.29) is 23.3 Å². The van der Waals surface area contributed by atoms with Crippen molar-refractivity contribution in [3.8, 4) is 5.75 Å². The van der Waals surface area contributed by atoms with E-state index in [4.69, 9.17) is 16.2 Å². The third-order valence-corrected chi connectivity index (χ3v) is 3.94. The highest BCUT2D eigenvalue weighted by molar-refractivity contribution is 7.99. The van der Waals surface area contributed by atoms with E-state index in [0.29, 0.717) is 18.3 Å². The number of hydrogen-bond acceptors (Lipinski definition) is 7. The Labute approximate surface area is 145 Å². The Bertz CT molecular complexity index is 703. The standard InChI is InChI=1S/C16H21N5O2S/c1-10-3-4-12(11(2)7-10)23-6-5-19-15(22)9-24-16-20-13(17)8-14(18)21-16/h3-4,7-8H,5-6,9H2,1-2H3,(H,19,22)(H4,17,18,20,21). The molecule has 2 rings (SSSR count). The molecule has 0 atom stereocenters. The number of nitrogens with one attached hydrogen (secondary N) is 1. The molecule has 1 aromatic heterocycles. The first-order valence-corrected chi connectivity index (χ1v) is 8.42. The molecule has 2 aromatic rings. The largest absolute Gasteiger partial charge is 0.491 e. The van der Waals surface area contributed by atoms with Crippen molar-refractivity contribution in [2.75, 3.05) is 30.4 Å². The van der Waals surface area contributed by atoms with Crippen molar-refractivity contribution in [2.45, 2.75) is 19.0 Å². The summed E-state index contributed by atoms with van der Waals surface area (Å²) >= 11 is 1.18. The third-order valence-electron chi connectivity index (χ3n) is 3.09. The summed E-state index contributed by atoms with van der Waals surface area (Å²) in [5.41, 5.74) is 13.4. The van der Waals surface area contributed by atoms with Gasteiger partial charge in [-0.05, 0) is 25.5 Å². The van der Waals surface area contributed by atoms with Gasteiger partial charge in [0.15, 0.2) is 5.16 Å². The normalized spacial score (nSPS) is 10.4. The van der Waals surface area contributed by atoms with Crippen LogP contribution in [0.25, 0.3) is 0 Å². The van der Waals surface area contributed by atoms with E-state index < -0.39 is 0 Å². The molecule has 0 radical (unpaired) electrons. The summed E-state index contributed by atoms with van der Waals surface area (Å²) in [6.07, 6.45) is 0. The van der Waals surface area contributed by atoms with Crippen LogP contribution in [0.2, 0.25) is 0 Å². The van der Waals surface area contributed by atoms with E-state index in [2.05, 4.69) is 21.4 Å². The summed E-state index contributed by atoms with van der Waals surface area (Å²) in [5, 5.41) is 3.16. The molecule has 1 aromatic carbocycles. The van der Waals surface area contributed by atoms with Gasteiger partial charge in [-0.25, -0.2) is 9.97 Å². The Balaban J connectivity index is 1.69. The molecule has 1 heterocycles. The minimum Gasteiger partial charge on any atom is -0.491 e. The lowest BCUT2D eigenvalue weighted by atomic mass is 10.1. The molecule has 0 aliphatic heterocycles. The second kappa shape index (κ2) is 8.39. The van der Waals surface area contributed by atoms with Crippen LogP contribution in [0.15, 0.2) is 29.4 Å². The molecule has 0 unspecified atom stereocenters. The number of anilines is 2. The fraction of sp³-hybridized carbons (Fsp3) is 0.312. The van der Waals surface area contributed by atoms with Crippen LogP contribution in [0.1, 0.15) is 11.1 Å². The Morgan fingerprint density at radius 1 is 1.21 bits per heavy atom. The highest BCUT2D eigenvalue weighted by Gasteiger charge is 2.06. The van der Waals surface area contributed by atoms with Gasteiger partial charge in [-0.2, -0.15) is 0 Å². The number of carbonyl (C=O) groups excluding carboxylic acids is 1. The molecule has 24 heavy (non-hydrogen) atoms. The van der Waals surface area contributed by atoms with E-state index in [9.17, 15) is 4.79 Å². The maximum absolute atomic E-state index is 11.8. The van der Waals surface area contributed by atoms with Gasteiger partial charge in [0.25, 0.3) is 0 Å². The molecular weight excluding hydrogens is 326 g/mol. The predicted molar refractivity (Wildman–Crippen MR) is 96.0 cm³/mol. The second-order valence-corrected chi connectivity index (χ2v) is 6.20. The number of nitrogens with zero attached hydrogens (tertiary/aromatic N) is 2. The first-order chi connectivity index (χ1) is 11.4. The van der Waals surface area contributed by atoms with Crippen LogP contribution in [0.5, 0.6) is 5.75 Å². The van der Waals surface area contributed by atoms with Gasteiger partial charge >= 0.3 is 0 Å². The van der Waals surface area contributed by atoms with Crippen LogP contribution in [0.4, 0.5) is 11.6 Å². The van der Waals surface area contributed by atoms with Crippen molar-refractivity contribution in [1.29, 1.82) is 0 Å². The van der Waals surface area contributed by atoms with Gasteiger partial charge < -0.3 is 21.5 Å². The van der Waals surface area contributed by atoms with Crippen molar-refractivity contribution in [1.82, 2.24) is 15.3 Å². The highest BCUT2D eigenvalue weighted by Crippen LogP contribution is 2.18. The zero-order valence-corrected chi connectivity index (χ0v) is 14.5. The number of benzene rings is 1. The summed E-state index contributed by atoms with van der Waals surface area (Å²) in [6, 6.07) is 7.45. The molecule has 0 saturated carbocycles. The molecule has 8 heteroatoms. The van der Waals surface area contributed by atoms with Gasteiger partial charge in [0.05, 0.1) is 12.3 Å². The summed E-state index contributed by atoms with van der Waals surface area (Å²) in [4.78, 5) is 19.8. The molecule has 0 saturated heterocycles. The third kappa shape index (κ3) is 5.62. The fourth-order valence-electron chi connectivity index (χ4n) is 2.02. The molecule has 7 nitrogen and oxygen atoms in total. The lowest BCUT2D eigenvalue weighted by Gasteiger charge is -2.10. The highest BCUT2D eigenvalue weighted by atomic mass is 32.2. The molecule has 0 aliphatic rings. The summed E-state index contributed by atoms with van der Waals surface area (Å²) in [7, 11) is 0. The first-order valence-electron chi connectivity index (χ1n) is 7.43. The number of thioether (sulfide) groups is 1. The molecule has 0 bridgehead atoms. The lowest BCUT2D eigenvalue weighted by molar-refractivity contribution is -0.118.